The number of amides is 1. The Kier molecular flexibility index (Phi) is 4.75. The van der Waals surface area contributed by atoms with Crippen LogP contribution in [-0.4, -0.2) is 12.5 Å². The zero-order valence-electron chi connectivity index (χ0n) is 12.2. The number of carbonyl (C=O) groups is 1. The monoisotopic (exact) mass is 306 g/mol. The van der Waals surface area contributed by atoms with E-state index in [1.165, 1.54) is 10.9 Å². The number of hydrogen-bond acceptors (Lipinski definition) is 3. The molecule has 1 heterocycles. The van der Waals surface area contributed by atoms with Crippen LogP contribution >= 0.6 is 11.3 Å². The number of nitrogens with two attached hydrogens (primary N) is 1. The van der Waals surface area contributed by atoms with E-state index >= 15 is 0 Å². The molecule has 0 atom stereocenters. The number of halogens is 1. The first kappa shape index (κ1) is 15.7. The maximum atomic E-state index is 13.9. The Hall–Kier alpha value is -1.72. The molecule has 112 valence electrons. The van der Waals surface area contributed by atoms with Crippen molar-refractivity contribution in [3.05, 3.63) is 57.5 Å². The molecule has 0 saturated heterocycles. The Labute approximate surface area is 128 Å². The van der Waals surface area contributed by atoms with Crippen LogP contribution in [0.3, 0.4) is 0 Å². The largest absolute Gasteiger partial charge is 0.366 e. The lowest BCUT2D eigenvalue weighted by molar-refractivity contribution is 0.1000. The van der Waals surface area contributed by atoms with Gasteiger partial charge in [0.15, 0.2) is 0 Å². The zero-order chi connectivity index (χ0) is 15.5. The molecule has 3 N–H and O–H groups in total. The van der Waals surface area contributed by atoms with Gasteiger partial charge in [0, 0.05) is 34.5 Å². The Morgan fingerprint density at radius 3 is 2.71 bits per heavy atom. The molecule has 0 saturated carbocycles. The van der Waals surface area contributed by atoms with Gasteiger partial charge in [-0.3, -0.25) is 4.79 Å². The van der Waals surface area contributed by atoms with Gasteiger partial charge in [0.05, 0.1) is 0 Å². The van der Waals surface area contributed by atoms with E-state index in [0.717, 1.165) is 6.54 Å². The van der Waals surface area contributed by atoms with Gasteiger partial charge >= 0.3 is 0 Å². The fourth-order valence-corrected chi connectivity index (χ4v) is 2.96. The van der Waals surface area contributed by atoms with Gasteiger partial charge in [-0.15, -0.1) is 11.3 Å². The van der Waals surface area contributed by atoms with Gasteiger partial charge in [0.2, 0.25) is 5.91 Å². The maximum absolute atomic E-state index is 13.9. The highest BCUT2D eigenvalue weighted by Crippen LogP contribution is 2.26. The van der Waals surface area contributed by atoms with Crippen LogP contribution in [0.1, 0.15) is 34.6 Å². The molecule has 1 aromatic carbocycles. The number of rotatable bonds is 6. The SMILES string of the molecule is CC(C)(CNCc1ccc(C(N)=O)cc1F)c1cccs1. The van der Waals surface area contributed by atoms with Crippen molar-refractivity contribution in [2.45, 2.75) is 25.8 Å². The molecule has 0 aliphatic carbocycles. The van der Waals surface area contributed by atoms with Gasteiger partial charge in [0.25, 0.3) is 0 Å². The van der Waals surface area contributed by atoms with Crippen LogP contribution in [0.15, 0.2) is 35.7 Å². The summed E-state index contributed by atoms with van der Waals surface area (Å²) in [6.45, 7) is 5.46. The second-order valence-electron chi connectivity index (χ2n) is 5.64. The fourth-order valence-electron chi connectivity index (χ4n) is 2.10. The van der Waals surface area contributed by atoms with Crippen LogP contribution in [0, 0.1) is 5.82 Å². The lowest BCUT2D eigenvalue weighted by atomic mass is 9.91. The molecule has 0 aliphatic rings. The highest BCUT2D eigenvalue weighted by atomic mass is 32.1. The second kappa shape index (κ2) is 6.37. The van der Waals surface area contributed by atoms with Crippen molar-refractivity contribution in [1.29, 1.82) is 0 Å². The molecule has 21 heavy (non-hydrogen) atoms. The van der Waals surface area contributed by atoms with Crippen molar-refractivity contribution in [3.8, 4) is 0 Å². The predicted octanol–water partition coefficient (Wildman–Crippen LogP) is 3.05. The summed E-state index contributed by atoms with van der Waals surface area (Å²) in [6.07, 6.45) is 0. The third-order valence-corrected chi connectivity index (χ3v) is 4.64. The first-order valence-corrected chi connectivity index (χ1v) is 7.61. The van der Waals surface area contributed by atoms with E-state index in [9.17, 15) is 9.18 Å². The highest BCUT2D eigenvalue weighted by Gasteiger charge is 2.21. The molecular formula is C16H19FN2OS. The third kappa shape index (κ3) is 3.89. The third-order valence-electron chi connectivity index (χ3n) is 3.41. The Bertz CT molecular complexity index is 623. The molecule has 0 spiro atoms. The van der Waals surface area contributed by atoms with E-state index < -0.39 is 11.7 Å². The minimum absolute atomic E-state index is 0.00217. The van der Waals surface area contributed by atoms with E-state index in [1.807, 2.05) is 6.07 Å². The molecule has 0 aliphatic heterocycles. The summed E-state index contributed by atoms with van der Waals surface area (Å²) in [5.74, 6) is -1.03. The van der Waals surface area contributed by atoms with Gasteiger partial charge in [0.1, 0.15) is 5.82 Å². The van der Waals surface area contributed by atoms with Crippen LogP contribution in [-0.2, 0) is 12.0 Å². The molecular weight excluding hydrogens is 287 g/mol. The average molecular weight is 306 g/mol. The predicted molar refractivity (Wildman–Crippen MR) is 84.0 cm³/mol. The summed E-state index contributed by atoms with van der Waals surface area (Å²) in [7, 11) is 0. The summed E-state index contributed by atoms with van der Waals surface area (Å²) < 4.78 is 13.9. The van der Waals surface area contributed by atoms with Crippen LogP contribution in [0.4, 0.5) is 4.39 Å². The summed E-state index contributed by atoms with van der Waals surface area (Å²) >= 11 is 1.72. The molecule has 0 bridgehead atoms. The minimum atomic E-state index is -0.618. The Balaban J connectivity index is 1.96. The normalized spacial score (nSPS) is 11.6. The first-order valence-electron chi connectivity index (χ1n) is 6.73. The van der Waals surface area contributed by atoms with Crippen molar-refractivity contribution in [1.82, 2.24) is 5.32 Å². The van der Waals surface area contributed by atoms with Crippen molar-refractivity contribution in [2.75, 3.05) is 6.54 Å². The molecule has 1 aromatic heterocycles. The minimum Gasteiger partial charge on any atom is -0.366 e. The van der Waals surface area contributed by atoms with Gasteiger partial charge < -0.3 is 11.1 Å². The molecule has 3 nitrogen and oxygen atoms in total. The van der Waals surface area contributed by atoms with Gasteiger partial charge in [-0.1, -0.05) is 26.0 Å². The number of hydrogen-bond donors (Lipinski definition) is 2. The van der Waals surface area contributed by atoms with E-state index in [1.54, 1.807) is 23.5 Å². The fraction of sp³-hybridized carbons (Fsp3) is 0.312. The van der Waals surface area contributed by atoms with E-state index in [2.05, 4.69) is 30.6 Å². The number of thiophene rings is 1. The Morgan fingerprint density at radius 1 is 1.38 bits per heavy atom. The van der Waals surface area contributed by atoms with Crippen molar-refractivity contribution < 1.29 is 9.18 Å². The standard InChI is InChI=1S/C16H19FN2OS/c1-16(2,14-4-3-7-21-14)10-19-9-12-6-5-11(15(18)20)8-13(12)17/h3-8,19H,9-10H2,1-2H3,(H2,18,20). The molecule has 0 fully saturated rings. The Morgan fingerprint density at radius 2 is 2.14 bits per heavy atom. The van der Waals surface area contributed by atoms with Crippen LogP contribution in [0.2, 0.25) is 0 Å². The number of primary amides is 1. The van der Waals surface area contributed by atoms with Crippen LogP contribution in [0.25, 0.3) is 0 Å². The topological polar surface area (TPSA) is 55.1 Å². The number of carbonyl (C=O) groups excluding carboxylic acids is 1. The summed E-state index contributed by atoms with van der Waals surface area (Å²) in [5, 5.41) is 5.33. The molecule has 0 radical (unpaired) electrons. The van der Waals surface area contributed by atoms with Crippen LogP contribution in [0.5, 0.6) is 0 Å². The number of nitrogens with one attached hydrogen (secondary N) is 1. The number of benzene rings is 1. The lowest BCUT2D eigenvalue weighted by Crippen LogP contribution is -2.32. The molecule has 2 rings (SSSR count). The first-order chi connectivity index (χ1) is 9.90. The van der Waals surface area contributed by atoms with Crippen molar-refractivity contribution in [2.24, 2.45) is 5.73 Å². The molecule has 5 heteroatoms. The summed E-state index contributed by atoms with van der Waals surface area (Å²) in [6, 6.07) is 8.47. The van der Waals surface area contributed by atoms with Gasteiger partial charge in [-0.05, 0) is 23.6 Å². The quantitative estimate of drug-likeness (QED) is 0.862. The highest BCUT2D eigenvalue weighted by molar-refractivity contribution is 7.10. The second-order valence-corrected chi connectivity index (χ2v) is 6.58. The van der Waals surface area contributed by atoms with Crippen molar-refractivity contribution >= 4 is 17.2 Å². The maximum Gasteiger partial charge on any atom is 0.248 e. The van der Waals surface area contributed by atoms with Gasteiger partial charge in [-0.25, -0.2) is 4.39 Å². The van der Waals surface area contributed by atoms with Crippen LogP contribution < -0.4 is 11.1 Å². The summed E-state index contributed by atoms with van der Waals surface area (Å²) in [5.41, 5.74) is 5.84. The van der Waals surface area contributed by atoms with E-state index in [4.69, 9.17) is 5.73 Å². The zero-order valence-corrected chi connectivity index (χ0v) is 13.0. The van der Waals surface area contributed by atoms with Gasteiger partial charge in [-0.2, -0.15) is 0 Å². The lowest BCUT2D eigenvalue weighted by Gasteiger charge is -2.23. The summed E-state index contributed by atoms with van der Waals surface area (Å²) in [4.78, 5) is 12.3. The van der Waals surface area contributed by atoms with E-state index in [0.29, 0.717) is 12.1 Å². The van der Waals surface area contributed by atoms with E-state index in [-0.39, 0.29) is 11.0 Å². The molecule has 2 aromatic rings. The average Bonchev–Trinajstić information content (AvgIpc) is 2.95. The van der Waals surface area contributed by atoms with Crippen molar-refractivity contribution in [3.63, 3.8) is 0 Å². The smallest absolute Gasteiger partial charge is 0.248 e. The molecule has 0 unspecified atom stereocenters. The molecule has 1 amide bonds.